The standard InChI is InChI=1S/C78H60N6O/c1-77(2,3)52-38-40-79-74(45-52)83-70-36-29-50(49-28-35-69-64(42-49)60-23-14-15-26-67(60)81(69)54-18-9-7-10-19-54)43-65(70)61-33-31-56(47-72(61)83)85-57-32-34-62-66-44-51(30-37-71(66)84(73(62)48-57)75-46-53(39-41-80-75)78(4,5)6)58-24-17-25-63-59-22-13-16-27-68(59)82(76(58)63)55-20-11-8-12-21-55/h7-48H,1-6H3. The molecule has 0 spiro atoms. The van der Waals surface area contributed by atoms with E-state index in [-0.39, 0.29) is 10.8 Å². The Bertz CT molecular complexity index is 5350. The van der Waals surface area contributed by atoms with E-state index in [4.69, 9.17) is 14.7 Å². The highest BCUT2D eigenvalue weighted by molar-refractivity contribution is 6.17. The number of rotatable bonds is 8. The molecule has 0 aliphatic heterocycles. The highest BCUT2D eigenvalue weighted by Crippen LogP contribution is 2.44. The SMILES string of the molecule is CC(C)(C)c1ccnc(-n2c3ccc(-c4ccc5c(c4)c4ccccc4n5-c4ccccc4)cc3c3ccc(Oc4ccc5c6cc(-c7cccc8c9ccccc9n(-c9ccccc9)c78)ccc6n(-c6cc(C(C)(C)C)ccn6)c5c4)cc32)c1. The first-order valence-corrected chi connectivity index (χ1v) is 29.4. The van der Waals surface area contributed by atoms with Crippen LogP contribution in [0.5, 0.6) is 11.5 Å². The van der Waals surface area contributed by atoms with E-state index in [0.717, 1.165) is 94.8 Å². The van der Waals surface area contributed by atoms with Crippen molar-refractivity contribution in [2.24, 2.45) is 0 Å². The van der Waals surface area contributed by atoms with E-state index < -0.39 is 0 Å². The maximum Gasteiger partial charge on any atom is 0.137 e. The number of nitrogens with zero attached hydrogens (tertiary/aromatic N) is 6. The van der Waals surface area contributed by atoms with Gasteiger partial charge >= 0.3 is 0 Å². The molecule has 6 heterocycles. The van der Waals surface area contributed by atoms with Crippen LogP contribution in [0.1, 0.15) is 52.7 Å². The van der Waals surface area contributed by atoms with Crippen LogP contribution in [-0.2, 0) is 10.8 Å². The fraction of sp³-hybridized carbons (Fsp3) is 0.103. The molecular weight excluding hydrogens is 1040 g/mol. The molecule has 0 saturated carbocycles. The molecule has 0 bridgehead atoms. The van der Waals surface area contributed by atoms with Crippen molar-refractivity contribution in [2.45, 2.75) is 52.4 Å². The molecule has 0 aliphatic rings. The smallest absolute Gasteiger partial charge is 0.137 e. The Morgan fingerprint density at radius 1 is 0.294 bits per heavy atom. The second-order valence-corrected chi connectivity index (χ2v) is 24.7. The van der Waals surface area contributed by atoms with Crippen molar-refractivity contribution in [1.82, 2.24) is 28.2 Å². The van der Waals surface area contributed by atoms with Crippen LogP contribution in [0.25, 0.3) is 132 Å². The second kappa shape index (κ2) is 19.0. The summed E-state index contributed by atoms with van der Waals surface area (Å²) in [5.41, 5.74) is 18.1. The number of benzene rings is 10. The van der Waals surface area contributed by atoms with E-state index in [1.54, 1.807) is 0 Å². The summed E-state index contributed by atoms with van der Waals surface area (Å²) in [4.78, 5) is 10.2. The molecule has 85 heavy (non-hydrogen) atoms. The fourth-order valence-electron chi connectivity index (χ4n) is 13.2. The van der Waals surface area contributed by atoms with Crippen molar-refractivity contribution in [3.05, 3.63) is 266 Å². The Hall–Kier alpha value is -10.5. The maximum absolute atomic E-state index is 7.08. The van der Waals surface area contributed by atoms with Crippen LogP contribution >= 0.6 is 0 Å². The first-order valence-electron chi connectivity index (χ1n) is 29.4. The molecule has 408 valence electrons. The number of fused-ring (bicyclic) bond motifs is 12. The van der Waals surface area contributed by atoms with E-state index in [9.17, 15) is 0 Å². The largest absolute Gasteiger partial charge is 0.457 e. The summed E-state index contributed by atoms with van der Waals surface area (Å²) in [6, 6.07) is 88.0. The predicted molar refractivity (Wildman–Crippen MR) is 354 cm³/mol. The molecule has 0 saturated heterocycles. The van der Waals surface area contributed by atoms with Crippen LogP contribution in [0.3, 0.4) is 0 Å². The summed E-state index contributed by atoms with van der Waals surface area (Å²) in [5.74, 6) is 3.17. The molecule has 0 aliphatic carbocycles. The van der Waals surface area contributed by atoms with E-state index in [1.165, 1.54) is 60.3 Å². The Morgan fingerprint density at radius 3 is 1.24 bits per heavy atom. The van der Waals surface area contributed by atoms with Gasteiger partial charge in [0.1, 0.15) is 23.1 Å². The van der Waals surface area contributed by atoms with Crippen molar-refractivity contribution in [3.63, 3.8) is 0 Å². The Morgan fingerprint density at radius 2 is 0.706 bits per heavy atom. The molecule has 7 nitrogen and oxygen atoms in total. The Kier molecular flexibility index (Phi) is 11.2. The van der Waals surface area contributed by atoms with Gasteiger partial charge in [0.2, 0.25) is 0 Å². The minimum Gasteiger partial charge on any atom is -0.457 e. The second-order valence-electron chi connectivity index (χ2n) is 24.7. The van der Waals surface area contributed by atoms with Crippen LogP contribution < -0.4 is 4.74 Å². The minimum atomic E-state index is -0.0835. The minimum absolute atomic E-state index is 0.0792. The van der Waals surface area contributed by atoms with Gasteiger partial charge < -0.3 is 13.9 Å². The average Bonchev–Trinajstić information content (AvgIpc) is 3.64. The third-order valence-corrected chi connectivity index (χ3v) is 17.4. The first kappa shape index (κ1) is 50.2. The van der Waals surface area contributed by atoms with Crippen LogP contribution in [0.2, 0.25) is 0 Å². The van der Waals surface area contributed by atoms with Gasteiger partial charge in [0.25, 0.3) is 0 Å². The Balaban J connectivity index is 0.844. The monoisotopic (exact) mass is 1100 g/mol. The topological polar surface area (TPSA) is 54.7 Å². The number of aromatic nitrogens is 6. The summed E-state index contributed by atoms with van der Waals surface area (Å²) in [6.07, 6.45) is 3.89. The molecule has 0 fully saturated rings. The third-order valence-electron chi connectivity index (χ3n) is 17.4. The molecule has 0 unspecified atom stereocenters. The molecule has 16 rings (SSSR count). The fourth-order valence-corrected chi connectivity index (χ4v) is 13.2. The van der Waals surface area contributed by atoms with E-state index in [2.05, 4.69) is 302 Å². The van der Waals surface area contributed by atoms with Gasteiger partial charge in [-0.15, -0.1) is 0 Å². The summed E-state index contributed by atoms with van der Waals surface area (Å²) >= 11 is 0. The lowest BCUT2D eigenvalue weighted by Crippen LogP contribution is -2.12. The molecule has 0 atom stereocenters. The van der Waals surface area contributed by atoms with Gasteiger partial charge in [-0.1, -0.05) is 151 Å². The van der Waals surface area contributed by atoms with Gasteiger partial charge in [-0.25, -0.2) is 9.97 Å². The first-order chi connectivity index (χ1) is 41.4. The van der Waals surface area contributed by atoms with Gasteiger partial charge in [0, 0.05) is 84.6 Å². The van der Waals surface area contributed by atoms with Crippen molar-refractivity contribution in [3.8, 4) is 56.8 Å². The number of pyridine rings is 2. The van der Waals surface area contributed by atoms with E-state index >= 15 is 0 Å². The molecule has 0 N–H and O–H groups in total. The van der Waals surface area contributed by atoms with Crippen molar-refractivity contribution >= 4 is 87.2 Å². The molecule has 16 aromatic rings. The zero-order chi connectivity index (χ0) is 57.3. The lowest BCUT2D eigenvalue weighted by Gasteiger charge is -2.20. The summed E-state index contributed by atoms with van der Waals surface area (Å²) in [5, 5.41) is 9.41. The van der Waals surface area contributed by atoms with E-state index in [1.807, 2.05) is 12.4 Å². The van der Waals surface area contributed by atoms with Gasteiger partial charge in [0.15, 0.2) is 0 Å². The number of ether oxygens (including phenoxy) is 1. The van der Waals surface area contributed by atoms with Crippen molar-refractivity contribution in [1.29, 1.82) is 0 Å². The summed E-state index contributed by atoms with van der Waals surface area (Å²) in [6.45, 7) is 13.5. The van der Waals surface area contributed by atoms with Crippen LogP contribution in [0.4, 0.5) is 0 Å². The third kappa shape index (κ3) is 8.17. The maximum atomic E-state index is 7.08. The van der Waals surface area contributed by atoms with Gasteiger partial charge in [-0.05, 0) is 160 Å². The van der Waals surface area contributed by atoms with Gasteiger partial charge in [-0.3, -0.25) is 9.13 Å². The highest BCUT2D eigenvalue weighted by atomic mass is 16.5. The van der Waals surface area contributed by atoms with Crippen LogP contribution in [-0.4, -0.2) is 28.2 Å². The lowest BCUT2D eigenvalue weighted by atomic mass is 9.88. The zero-order valence-corrected chi connectivity index (χ0v) is 48.3. The lowest BCUT2D eigenvalue weighted by molar-refractivity contribution is 0.484. The van der Waals surface area contributed by atoms with Gasteiger partial charge in [-0.2, -0.15) is 0 Å². The highest BCUT2D eigenvalue weighted by Gasteiger charge is 2.24. The number of hydrogen-bond acceptors (Lipinski definition) is 3. The molecule has 10 aromatic carbocycles. The van der Waals surface area contributed by atoms with Crippen molar-refractivity contribution < 1.29 is 4.74 Å². The summed E-state index contributed by atoms with van der Waals surface area (Å²) < 4.78 is 16.5. The quantitative estimate of drug-likeness (QED) is 0.152. The summed E-state index contributed by atoms with van der Waals surface area (Å²) in [7, 11) is 0. The molecular formula is C78H60N6O. The molecule has 0 radical (unpaired) electrons. The van der Waals surface area contributed by atoms with Gasteiger partial charge in [0.05, 0.1) is 44.1 Å². The number of para-hydroxylation sites is 5. The van der Waals surface area contributed by atoms with Crippen molar-refractivity contribution in [2.75, 3.05) is 0 Å². The predicted octanol–water partition coefficient (Wildman–Crippen LogP) is 20.6. The van der Waals surface area contributed by atoms with E-state index in [0.29, 0.717) is 0 Å². The normalized spacial score (nSPS) is 12.4. The zero-order valence-electron chi connectivity index (χ0n) is 48.3. The number of hydrogen-bond donors (Lipinski definition) is 0. The van der Waals surface area contributed by atoms with Crippen LogP contribution in [0.15, 0.2) is 255 Å². The molecule has 6 aromatic heterocycles. The molecule has 0 amide bonds. The average molecular weight is 1100 g/mol. The molecule has 7 heteroatoms. The van der Waals surface area contributed by atoms with Crippen LogP contribution in [0, 0.1) is 0 Å². The Labute approximate surface area is 492 Å².